The second-order valence-electron chi connectivity index (χ2n) is 3.82. The summed E-state index contributed by atoms with van der Waals surface area (Å²) in [5, 5.41) is 11.4. The molecule has 0 fully saturated rings. The molecule has 0 saturated carbocycles. The predicted molar refractivity (Wildman–Crippen MR) is 71.4 cm³/mol. The number of hydrogen-bond donors (Lipinski definition) is 1. The van der Waals surface area contributed by atoms with Gasteiger partial charge in [0.05, 0.1) is 17.1 Å². The lowest BCUT2D eigenvalue weighted by molar-refractivity contribution is -0.137. The summed E-state index contributed by atoms with van der Waals surface area (Å²) in [6.45, 7) is 4.04. The van der Waals surface area contributed by atoms with Crippen LogP contribution in [0.25, 0.3) is 11.4 Å². The molecular weight excluding hydrogens is 272 g/mol. The summed E-state index contributed by atoms with van der Waals surface area (Å²) in [4.78, 5) is 27.6. The first-order chi connectivity index (χ1) is 8.49. The molecule has 0 spiro atoms. The average Bonchev–Trinajstić information content (AvgIpc) is 2.79. The number of aliphatic carboxylic acids is 1. The van der Waals surface area contributed by atoms with Crippen LogP contribution in [0.4, 0.5) is 0 Å². The first kappa shape index (κ1) is 13.0. The molecule has 0 unspecified atom stereocenters. The van der Waals surface area contributed by atoms with E-state index in [1.54, 1.807) is 16.7 Å². The molecule has 1 N–H and O–H groups in total. The fourth-order valence-corrected chi connectivity index (χ4v) is 3.30. The van der Waals surface area contributed by atoms with Crippen molar-refractivity contribution in [2.75, 3.05) is 0 Å². The van der Waals surface area contributed by atoms with Crippen LogP contribution in [-0.2, 0) is 11.3 Å². The van der Waals surface area contributed by atoms with Crippen molar-refractivity contribution in [1.29, 1.82) is 0 Å². The molecule has 2 heterocycles. The summed E-state index contributed by atoms with van der Waals surface area (Å²) in [7, 11) is 0. The highest BCUT2D eigenvalue weighted by atomic mass is 32.1. The molecule has 5 nitrogen and oxygen atoms in total. The van der Waals surface area contributed by atoms with E-state index in [2.05, 4.69) is 4.98 Å². The number of hydrogen-bond acceptors (Lipinski definition) is 5. The molecule has 7 heteroatoms. The van der Waals surface area contributed by atoms with Crippen LogP contribution in [0.3, 0.4) is 0 Å². The summed E-state index contributed by atoms with van der Waals surface area (Å²) in [5.74, 6) is -0.912. The van der Waals surface area contributed by atoms with Crippen LogP contribution in [0.1, 0.15) is 16.3 Å². The van der Waals surface area contributed by atoms with E-state index in [1.807, 2.05) is 13.8 Å². The van der Waals surface area contributed by atoms with Crippen LogP contribution in [-0.4, -0.2) is 20.6 Å². The van der Waals surface area contributed by atoms with Crippen molar-refractivity contribution in [2.45, 2.75) is 26.8 Å². The molecule has 96 valence electrons. The van der Waals surface area contributed by atoms with E-state index < -0.39 is 5.97 Å². The van der Waals surface area contributed by atoms with Crippen LogP contribution in [0.2, 0.25) is 0 Å². The van der Waals surface area contributed by atoms with Gasteiger partial charge < -0.3 is 5.11 Å². The van der Waals surface area contributed by atoms with E-state index >= 15 is 0 Å². The first-order valence-electron chi connectivity index (χ1n) is 5.33. The fourth-order valence-electron chi connectivity index (χ4n) is 1.70. The number of aromatic nitrogens is 2. The molecule has 0 aliphatic heterocycles. The van der Waals surface area contributed by atoms with Crippen molar-refractivity contribution < 1.29 is 9.90 Å². The third-order valence-corrected chi connectivity index (χ3v) is 4.13. The Morgan fingerprint density at radius 3 is 2.78 bits per heavy atom. The van der Waals surface area contributed by atoms with E-state index in [4.69, 9.17) is 5.11 Å². The van der Waals surface area contributed by atoms with Crippen LogP contribution >= 0.6 is 22.7 Å². The number of carbonyl (C=O) groups is 1. The third kappa shape index (κ3) is 2.51. The van der Waals surface area contributed by atoms with Gasteiger partial charge >= 0.3 is 10.8 Å². The number of rotatable bonds is 4. The Morgan fingerprint density at radius 2 is 2.22 bits per heavy atom. The third-order valence-electron chi connectivity index (χ3n) is 2.48. The van der Waals surface area contributed by atoms with Gasteiger partial charge in [0.2, 0.25) is 0 Å². The molecule has 0 aromatic carbocycles. The van der Waals surface area contributed by atoms with E-state index in [0.29, 0.717) is 5.69 Å². The number of nitrogens with zero attached hydrogens (tertiary/aromatic N) is 2. The van der Waals surface area contributed by atoms with Crippen LogP contribution in [0.15, 0.2) is 10.2 Å². The molecule has 0 amide bonds. The Morgan fingerprint density at radius 1 is 1.50 bits per heavy atom. The monoisotopic (exact) mass is 284 g/mol. The zero-order valence-corrected chi connectivity index (χ0v) is 11.6. The SMILES string of the molecule is Cc1nc(-c2csc(=O)n2CCC(=O)O)c(C)s1. The lowest BCUT2D eigenvalue weighted by Crippen LogP contribution is -2.16. The summed E-state index contributed by atoms with van der Waals surface area (Å²) in [5.41, 5.74) is 1.49. The fraction of sp³-hybridized carbons (Fsp3) is 0.364. The lowest BCUT2D eigenvalue weighted by Gasteiger charge is -2.04. The summed E-state index contributed by atoms with van der Waals surface area (Å²) < 4.78 is 1.49. The zero-order chi connectivity index (χ0) is 13.3. The van der Waals surface area contributed by atoms with Crippen LogP contribution < -0.4 is 4.87 Å². The Balaban J connectivity index is 2.42. The maximum atomic E-state index is 11.7. The van der Waals surface area contributed by atoms with Crippen LogP contribution in [0, 0.1) is 13.8 Å². The molecular formula is C11H12N2O3S2. The standard InChI is InChI=1S/C11H12N2O3S2/c1-6-10(12-7(2)18-6)8-5-17-11(16)13(8)4-3-9(14)15/h5H,3-4H2,1-2H3,(H,14,15). The molecule has 0 aliphatic rings. The number of thiazole rings is 2. The van der Waals surface area contributed by atoms with Crippen LogP contribution in [0.5, 0.6) is 0 Å². The molecule has 0 atom stereocenters. The lowest BCUT2D eigenvalue weighted by atomic mass is 10.3. The highest BCUT2D eigenvalue weighted by Gasteiger charge is 2.15. The number of carboxylic acid groups (broad SMARTS) is 1. The van der Waals surface area contributed by atoms with Crippen molar-refractivity contribution in [3.63, 3.8) is 0 Å². The molecule has 2 aromatic heterocycles. The van der Waals surface area contributed by atoms with E-state index in [1.165, 1.54) is 4.57 Å². The molecule has 2 aromatic rings. The number of carboxylic acids is 1. The predicted octanol–water partition coefficient (Wildman–Crippen LogP) is 2.12. The van der Waals surface area contributed by atoms with Gasteiger partial charge in [0.25, 0.3) is 0 Å². The largest absolute Gasteiger partial charge is 0.481 e. The van der Waals surface area contributed by atoms with Gasteiger partial charge in [-0.1, -0.05) is 11.3 Å². The average molecular weight is 284 g/mol. The zero-order valence-electron chi connectivity index (χ0n) is 9.97. The first-order valence-corrected chi connectivity index (χ1v) is 7.03. The summed E-state index contributed by atoms with van der Waals surface area (Å²) >= 11 is 2.64. The minimum absolute atomic E-state index is 0.0637. The Kier molecular flexibility index (Phi) is 3.63. The second-order valence-corrected chi connectivity index (χ2v) is 6.05. The van der Waals surface area contributed by atoms with Crippen molar-refractivity contribution in [3.8, 4) is 11.4 Å². The van der Waals surface area contributed by atoms with Gasteiger partial charge in [0.15, 0.2) is 0 Å². The molecule has 0 bridgehead atoms. The van der Waals surface area contributed by atoms with E-state index in [0.717, 1.165) is 26.9 Å². The summed E-state index contributed by atoms with van der Waals surface area (Å²) in [6, 6.07) is 0. The molecule has 2 rings (SSSR count). The smallest absolute Gasteiger partial charge is 0.307 e. The van der Waals surface area contributed by atoms with Gasteiger partial charge in [-0.05, 0) is 13.8 Å². The van der Waals surface area contributed by atoms with E-state index in [-0.39, 0.29) is 17.8 Å². The van der Waals surface area contributed by atoms with Crippen molar-refractivity contribution >= 4 is 28.6 Å². The van der Waals surface area contributed by atoms with Gasteiger partial charge in [0, 0.05) is 16.8 Å². The molecule has 0 saturated heterocycles. The second kappa shape index (κ2) is 5.03. The molecule has 0 radical (unpaired) electrons. The minimum Gasteiger partial charge on any atom is -0.481 e. The number of aryl methyl sites for hydroxylation is 2. The van der Waals surface area contributed by atoms with Gasteiger partial charge in [-0.2, -0.15) is 0 Å². The van der Waals surface area contributed by atoms with Gasteiger partial charge in [-0.15, -0.1) is 11.3 Å². The quantitative estimate of drug-likeness (QED) is 0.933. The van der Waals surface area contributed by atoms with E-state index in [9.17, 15) is 9.59 Å². The van der Waals surface area contributed by atoms with Gasteiger partial charge in [0.1, 0.15) is 5.69 Å². The Hall–Kier alpha value is -1.47. The minimum atomic E-state index is -0.912. The Bertz CT molecular complexity index is 639. The van der Waals surface area contributed by atoms with Crippen molar-refractivity contribution in [2.24, 2.45) is 0 Å². The highest BCUT2D eigenvalue weighted by molar-refractivity contribution is 7.12. The maximum Gasteiger partial charge on any atom is 0.307 e. The van der Waals surface area contributed by atoms with Gasteiger partial charge in [-0.25, -0.2) is 4.98 Å². The van der Waals surface area contributed by atoms with Crippen molar-refractivity contribution in [1.82, 2.24) is 9.55 Å². The van der Waals surface area contributed by atoms with Crippen molar-refractivity contribution in [3.05, 3.63) is 24.9 Å². The highest BCUT2D eigenvalue weighted by Crippen LogP contribution is 2.27. The Labute approximate surface area is 111 Å². The summed E-state index contributed by atoms with van der Waals surface area (Å²) in [6.07, 6.45) is -0.0637. The molecule has 0 aliphatic carbocycles. The van der Waals surface area contributed by atoms with Gasteiger partial charge in [-0.3, -0.25) is 14.2 Å². The maximum absolute atomic E-state index is 11.7. The topological polar surface area (TPSA) is 72.2 Å². The normalized spacial score (nSPS) is 10.8. The molecule has 18 heavy (non-hydrogen) atoms.